The Morgan fingerprint density at radius 2 is 2.03 bits per heavy atom. The minimum Gasteiger partial charge on any atom is -0.393 e. The maximum Gasteiger partial charge on any atom is 0.0974 e. The van der Waals surface area contributed by atoms with Crippen molar-refractivity contribution >= 4 is 10.8 Å². The SMILES string of the molecule is C[C@]12CC=C3C=C4CC[C@H](O)C[C@]45CCC3(O5)[C@@H]1CC[C@@H]2c1ccc2ccncc2c1. The number of ether oxygens (including phenoxy) is 1. The molecule has 1 unspecified atom stereocenters. The molecule has 1 N–H and O–H groups in total. The van der Waals surface area contributed by atoms with E-state index in [9.17, 15) is 5.11 Å². The number of fused-ring (bicyclic) bond motifs is 2. The molecule has 0 amide bonds. The molecule has 3 nitrogen and oxygen atoms in total. The molecule has 1 aromatic heterocycles. The number of aromatic nitrogens is 1. The van der Waals surface area contributed by atoms with E-state index in [1.165, 1.54) is 40.3 Å². The highest BCUT2D eigenvalue weighted by atomic mass is 16.5. The van der Waals surface area contributed by atoms with E-state index in [1.807, 2.05) is 12.4 Å². The standard InChI is InChI=1S/C28H31NO2/c1-26-10-8-22-15-21-4-5-23(30)16-27(21)11-12-28(22,31-27)25(26)7-6-24(26)19-3-2-18-9-13-29-17-20(18)14-19/h2-3,8-9,13-15,17,23-25,30H,4-7,10-12,16H2,1H3/t23-,24+,25+,26+,27+,28?/m0/s1. The fourth-order valence-electron chi connectivity index (χ4n) is 8.25. The van der Waals surface area contributed by atoms with Crippen LogP contribution in [0.15, 0.2) is 60.0 Å². The van der Waals surface area contributed by atoms with Gasteiger partial charge in [-0.2, -0.15) is 0 Å². The van der Waals surface area contributed by atoms with Gasteiger partial charge in [-0.1, -0.05) is 31.2 Å². The average Bonchev–Trinajstić information content (AvgIpc) is 3.28. The van der Waals surface area contributed by atoms with E-state index in [0.717, 1.165) is 38.5 Å². The van der Waals surface area contributed by atoms with Crippen LogP contribution in [0, 0.1) is 11.3 Å². The molecule has 2 aliphatic heterocycles. The maximum absolute atomic E-state index is 10.4. The van der Waals surface area contributed by atoms with Gasteiger partial charge >= 0.3 is 0 Å². The van der Waals surface area contributed by atoms with E-state index < -0.39 is 0 Å². The van der Waals surface area contributed by atoms with Gasteiger partial charge in [0, 0.05) is 24.2 Å². The van der Waals surface area contributed by atoms with Crippen LogP contribution in [0.1, 0.15) is 69.8 Å². The van der Waals surface area contributed by atoms with Gasteiger partial charge in [0.05, 0.1) is 17.3 Å². The third-order valence-corrected chi connectivity index (χ3v) is 9.72. The summed E-state index contributed by atoms with van der Waals surface area (Å²) in [6.07, 6.45) is 17.1. The second-order valence-corrected chi connectivity index (χ2v) is 11.1. The van der Waals surface area contributed by atoms with Crippen molar-refractivity contribution in [1.29, 1.82) is 0 Å². The van der Waals surface area contributed by atoms with Gasteiger partial charge in [-0.25, -0.2) is 0 Å². The van der Waals surface area contributed by atoms with Gasteiger partial charge in [0.1, 0.15) is 0 Å². The summed E-state index contributed by atoms with van der Waals surface area (Å²) in [7, 11) is 0. The van der Waals surface area contributed by atoms with Gasteiger partial charge in [-0.05, 0) is 96.4 Å². The van der Waals surface area contributed by atoms with Crippen molar-refractivity contribution in [2.24, 2.45) is 11.3 Å². The third kappa shape index (κ3) is 2.34. The quantitative estimate of drug-likeness (QED) is 0.639. The lowest BCUT2D eigenvalue weighted by molar-refractivity contribution is -0.144. The van der Waals surface area contributed by atoms with Crippen molar-refractivity contribution in [3.05, 3.63) is 65.5 Å². The minimum atomic E-state index is -0.213. The van der Waals surface area contributed by atoms with Gasteiger partial charge in [0.15, 0.2) is 0 Å². The van der Waals surface area contributed by atoms with Crippen LogP contribution in [-0.4, -0.2) is 27.4 Å². The number of hydrogen-bond donors (Lipinski definition) is 1. The Hall–Kier alpha value is -1.97. The zero-order valence-electron chi connectivity index (χ0n) is 18.3. The normalized spacial score (nSPS) is 43.1. The van der Waals surface area contributed by atoms with Crippen molar-refractivity contribution in [1.82, 2.24) is 4.98 Å². The van der Waals surface area contributed by atoms with Gasteiger partial charge < -0.3 is 9.84 Å². The summed E-state index contributed by atoms with van der Waals surface area (Å²) in [6, 6.07) is 9.10. The smallest absolute Gasteiger partial charge is 0.0974 e. The van der Waals surface area contributed by atoms with Gasteiger partial charge in [-0.15, -0.1) is 0 Å². The minimum absolute atomic E-state index is 0.138. The average molecular weight is 414 g/mol. The number of pyridine rings is 1. The molecule has 0 radical (unpaired) electrons. The lowest BCUT2D eigenvalue weighted by Gasteiger charge is -2.54. The summed E-state index contributed by atoms with van der Waals surface area (Å²) in [5, 5.41) is 13.0. The molecule has 31 heavy (non-hydrogen) atoms. The first-order valence-corrected chi connectivity index (χ1v) is 12.2. The Kier molecular flexibility index (Phi) is 3.65. The molecule has 3 fully saturated rings. The fourth-order valence-corrected chi connectivity index (χ4v) is 8.25. The van der Waals surface area contributed by atoms with Crippen molar-refractivity contribution in [3.8, 4) is 0 Å². The van der Waals surface area contributed by atoms with Gasteiger partial charge in [-0.3, -0.25) is 4.98 Å². The topological polar surface area (TPSA) is 42.4 Å². The number of hydrogen-bond acceptors (Lipinski definition) is 3. The largest absolute Gasteiger partial charge is 0.393 e. The Balaban J connectivity index is 1.31. The molecule has 160 valence electrons. The molecule has 1 aromatic carbocycles. The molecule has 5 aliphatic rings. The van der Waals surface area contributed by atoms with Gasteiger partial charge in [0.2, 0.25) is 0 Å². The number of nitrogens with zero attached hydrogens (tertiary/aromatic N) is 1. The van der Waals surface area contributed by atoms with E-state index in [0.29, 0.717) is 11.8 Å². The zero-order valence-corrected chi connectivity index (χ0v) is 18.3. The number of benzene rings is 1. The Morgan fingerprint density at radius 1 is 1.10 bits per heavy atom. The number of aliphatic hydroxyl groups excluding tert-OH is 1. The molecule has 7 rings (SSSR count). The van der Waals surface area contributed by atoms with Crippen molar-refractivity contribution < 1.29 is 9.84 Å². The van der Waals surface area contributed by atoms with Crippen LogP contribution in [0.25, 0.3) is 10.8 Å². The molecule has 2 saturated carbocycles. The van der Waals surface area contributed by atoms with Crippen LogP contribution in [0.4, 0.5) is 0 Å². The van der Waals surface area contributed by atoms with Crippen LogP contribution in [-0.2, 0) is 4.74 Å². The highest BCUT2D eigenvalue weighted by molar-refractivity contribution is 5.82. The van der Waals surface area contributed by atoms with E-state index in [1.54, 1.807) is 0 Å². The second-order valence-electron chi connectivity index (χ2n) is 11.1. The summed E-state index contributed by atoms with van der Waals surface area (Å²) < 4.78 is 7.18. The van der Waals surface area contributed by atoms with E-state index >= 15 is 0 Å². The molecule has 6 atom stereocenters. The summed E-state index contributed by atoms with van der Waals surface area (Å²) >= 11 is 0. The lowest BCUT2D eigenvalue weighted by Crippen LogP contribution is -2.54. The van der Waals surface area contributed by atoms with Crippen LogP contribution >= 0.6 is 0 Å². The molecule has 2 spiro atoms. The fraction of sp³-hybridized carbons (Fsp3) is 0.536. The summed E-state index contributed by atoms with van der Waals surface area (Å²) in [5.74, 6) is 1.10. The lowest BCUT2D eigenvalue weighted by atomic mass is 9.58. The Morgan fingerprint density at radius 3 is 2.97 bits per heavy atom. The van der Waals surface area contributed by atoms with Crippen LogP contribution < -0.4 is 0 Å². The maximum atomic E-state index is 10.4. The van der Waals surface area contributed by atoms with Crippen molar-refractivity contribution in [3.63, 3.8) is 0 Å². The summed E-state index contributed by atoms with van der Waals surface area (Å²) in [5.41, 5.74) is 4.26. The molecule has 2 aromatic rings. The van der Waals surface area contributed by atoms with Crippen molar-refractivity contribution in [2.75, 3.05) is 0 Å². The van der Waals surface area contributed by atoms with Crippen LogP contribution in [0.2, 0.25) is 0 Å². The van der Waals surface area contributed by atoms with Crippen LogP contribution in [0.5, 0.6) is 0 Å². The third-order valence-electron chi connectivity index (χ3n) is 9.72. The van der Waals surface area contributed by atoms with E-state index in [4.69, 9.17) is 4.74 Å². The van der Waals surface area contributed by atoms with E-state index in [-0.39, 0.29) is 22.7 Å². The molecule has 3 heterocycles. The summed E-state index contributed by atoms with van der Waals surface area (Å²) in [6.45, 7) is 2.52. The highest BCUT2D eigenvalue weighted by Gasteiger charge is 2.66. The molecule has 2 bridgehead atoms. The Labute approximate surface area is 184 Å². The number of allylic oxidation sites excluding steroid dienone is 1. The molecule has 3 aliphatic carbocycles. The predicted octanol–water partition coefficient (Wildman–Crippen LogP) is 5.84. The van der Waals surface area contributed by atoms with E-state index in [2.05, 4.69) is 48.3 Å². The monoisotopic (exact) mass is 413 g/mol. The second kappa shape index (κ2) is 6.08. The highest BCUT2D eigenvalue weighted by Crippen LogP contribution is 2.69. The first kappa shape index (κ1) is 18.6. The first-order chi connectivity index (χ1) is 15.0. The number of aliphatic hydroxyl groups is 1. The summed E-state index contributed by atoms with van der Waals surface area (Å²) in [4.78, 5) is 4.35. The van der Waals surface area contributed by atoms with Crippen LogP contribution in [0.3, 0.4) is 0 Å². The number of rotatable bonds is 1. The molecular weight excluding hydrogens is 382 g/mol. The van der Waals surface area contributed by atoms with Crippen molar-refractivity contribution in [2.45, 2.75) is 81.5 Å². The molecular formula is C28H31NO2. The first-order valence-electron chi connectivity index (χ1n) is 12.2. The Bertz CT molecular complexity index is 1150. The molecule has 1 saturated heterocycles. The van der Waals surface area contributed by atoms with Gasteiger partial charge in [0.25, 0.3) is 0 Å². The molecule has 3 heteroatoms. The predicted molar refractivity (Wildman–Crippen MR) is 122 cm³/mol. The zero-order chi connectivity index (χ0) is 20.8.